The Balaban J connectivity index is 1.53. The first-order chi connectivity index (χ1) is 9.35. The second kappa shape index (κ2) is 5.84. The van der Waals surface area contributed by atoms with Crippen molar-refractivity contribution in [2.24, 2.45) is 5.92 Å². The fraction of sp³-hybridized carbons (Fsp3) is 0.714. The molecule has 2 aliphatic rings. The summed E-state index contributed by atoms with van der Waals surface area (Å²) in [7, 11) is 1.77. The van der Waals surface area contributed by atoms with Gasteiger partial charge < -0.3 is 15.0 Å². The number of nitrogens with one attached hydrogen (secondary N) is 1. The van der Waals surface area contributed by atoms with Crippen LogP contribution in [0.3, 0.4) is 0 Å². The molecule has 0 radical (unpaired) electrons. The first-order valence-corrected chi connectivity index (χ1v) is 7.13. The molecule has 1 atom stereocenters. The van der Waals surface area contributed by atoms with Crippen LogP contribution in [0.5, 0.6) is 0 Å². The molecular weight excluding hydrogens is 240 g/mol. The van der Waals surface area contributed by atoms with E-state index in [2.05, 4.69) is 20.2 Å². The minimum atomic E-state index is 0.628. The molecule has 2 fully saturated rings. The van der Waals surface area contributed by atoms with Gasteiger partial charge in [0.25, 0.3) is 0 Å². The van der Waals surface area contributed by atoms with Gasteiger partial charge in [-0.3, -0.25) is 4.98 Å². The highest BCUT2D eigenvalue weighted by atomic mass is 16.5. The summed E-state index contributed by atoms with van der Waals surface area (Å²) in [5.74, 6) is 1.62. The Bertz CT molecular complexity index is 404. The molecule has 2 heterocycles. The molecule has 0 bridgehead atoms. The number of aromatic nitrogens is 2. The Morgan fingerprint density at radius 1 is 1.32 bits per heavy atom. The maximum atomic E-state index is 5.22. The third kappa shape index (κ3) is 3.42. The summed E-state index contributed by atoms with van der Waals surface area (Å²) >= 11 is 0. The van der Waals surface area contributed by atoms with Crippen LogP contribution in [0.15, 0.2) is 12.4 Å². The normalized spacial score (nSPS) is 23.0. The van der Waals surface area contributed by atoms with E-state index in [1.165, 1.54) is 19.3 Å². The summed E-state index contributed by atoms with van der Waals surface area (Å²) in [6.45, 7) is 3.77. The van der Waals surface area contributed by atoms with E-state index >= 15 is 0 Å². The van der Waals surface area contributed by atoms with Gasteiger partial charge in [0.15, 0.2) is 0 Å². The molecular formula is C14H22N4O. The Labute approximate surface area is 114 Å². The molecule has 1 saturated carbocycles. The molecule has 1 aliphatic carbocycles. The molecule has 1 N–H and O–H groups in total. The van der Waals surface area contributed by atoms with Gasteiger partial charge in [-0.2, -0.15) is 0 Å². The first kappa shape index (κ1) is 12.8. The third-order valence-electron chi connectivity index (χ3n) is 3.85. The van der Waals surface area contributed by atoms with Crippen LogP contribution in [-0.4, -0.2) is 42.8 Å². The number of methoxy groups -OCH3 is 1. The van der Waals surface area contributed by atoms with Gasteiger partial charge in [-0.15, -0.1) is 0 Å². The van der Waals surface area contributed by atoms with E-state index in [1.807, 2.05) is 12.4 Å². The average Bonchev–Trinajstić information content (AvgIpc) is 3.16. The third-order valence-corrected chi connectivity index (χ3v) is 3.85. The van der Waals surface area contributed by atoms with Crippen LogP contribution >= 0.6 is 0 Å². The molecule has 1 aliphatic heterocycles. The SMILES string of the molecule is COCC1CCN(c2cnc(CNC3CC3)cn2)C1. The summed E-state index contributed by atoms with van der Waals surface area (Å²) in [6, 6.07) is 0.717. The highest BCUT2D eigenvalue weighted by molar-refractivity contribution is 5.37. The van der Waals surface area contributed by atoms with E-state index in [9.17, 15) is 0 Å². The zero-order valence-electron chi connectivity index (χ0n) is 11.5. The van der Waals surface area contributed by atoms with Crippen molar-refractivity contribution in [3.8, 4) is 0 Å². The molecule has 1 unspecified atom stereocenters. The maximum absolute atomic E-state index is 5.22. The van der Waals surface area contributed by atoms with Crippen molar-refractivity contribution in [3.05, 3.63) is 18.1 Å². The number of hydrogen-bond acceptors (Lipinski definition) is 5. The summed E-state index contributed by atoms with van der Waals surface area (Å²) < 4.78 is 5.22. The van der Waals surface area contributed by atoms with Gasteiger partial charge in [-0.25, -0.2) is 4.98 Å². The Hall–Kier alpha value is -1.20. The largest absolute Gasteiger partial charge is 0.384 e. The molecule has 3 rings (SSSR count). The van der Waals surface area contributed by atoms with Crippen LogP contribution in [-0.2, 0) is 11.3 Å². The quantitative estimate of drug-likeness (QED) is 0.835. The molecule has 0 amide bonds. The number of rotatable bonds is 6. The highest BCUT2D eigenvalue weighted by Gasteiger charge is 2.23. The number of ether oxygens (including phenoxy) is 1. The van der Waals surface area contributed by atoms with E-state index in [-0.39, 0.29) is 0 Å². The Morgan fingerprint density at radius 2 is 2.21 bits per heavy atom. The molecule has 1 saturated heterocycles. The Kier molecular flexibility index (Phi) is 3.94. The predicted molar refractivity (Wildman–Crippen MR) is 74.1 cm³/mol. The molecule has 1 aromatic rings. The van der Waals surface area contributed by atoms with Crippen LogP contribution < -0.4 is 10.2 Å². The molecule has 5 heteroatoms. The fourth-order valence-electron chi connectivity index (χ4n) is 2.55. The van der Waals surface area contributed by atoms with Crippen LogP contribution in [0.2, 0.25) is 0 Å². The maximum Gasteiger partial charge on any atom is 0.147 e. The molecule has 0 spiro atoms. The van der Waals surface area contributed by atoms with Crippen LogP contribution in [0.4, 0.5) is 5.82 Å². The van der Waals surface area contributed by atoms with Crippen molar-refractivity contribution in [1.29, 1.82) is 0 Å². The van der Waals surface area contributed by atoms with Gasteiger partial charge >= 0.3 is 0 Å². The number of hydrogen-bond donors (Lipinski definition) is 1. The summed E-state index contributed by atoms with van der Waals surface area (Å²) in [4.78, 5) is 11.3. The van der Waals surface area contributed by atoms with Crippen molar-refractivity contribution in [1.82, 2.24) is 15.3 Å². The van der Waals surface area contributed by atoms with E-state index in [0.29, 0.717) is 5.92 Å². The second-order valence-corrected chi connectivity index (χ2v) is 5.58. The van der Waals surface area contributed by atoms with Crippen molar-refractivity contribution < 1.29 is 4.74 Å². The lowest BCUT2D eigenvalue weighted by Gasteiger charge is -2.17. The van der Waals surface area contributed by atoms with Crippen molar-refractivity contribution >= 4 is 5.82 Å². The zero-order valence-corrected chi connectivity index (χ0v) is 11.5. The van der Waals surface area contributed by atoms with Crippen LogP contribution in [0.1, 0.15) is 25.0 Å². The van der Waals surface area contributed by atoms with Crippen molar-refractivity contribution in [2.75, 3.05) is 31.7 Å². The Morgan fingerprint density at radius 3 is 2.89 bits per heavy atom. The predicted octanol–water partition coefficient (Wildman–Crippen LogP) is 1.20. The number of anilines is 1. The van der Waals surface area contributed by atoms with Crippen LogP contribution in [0, 0.1) is 5.92 Å². The summed E-state index contributed by atoms with van der Waals surface area (Å²) in [5, 5.41) is 3.45. The molecule has 19 heavy (non-hydrogen) atoms. The highest BCUT2D eigenvalue weighted by Crippen LogP contribution is 2.22. The standard InChI is InChI=1S/C14H22N4O/c1-19-10-11-4-5-18(9-11)14-8-16-13(7-17-14)6-15-12-2-3-12/h7-8,11-12,15H,2-6,9-10H2,1H3. The van der Waals surface area contributed by atoms with Crippen molar-refractivity contribution in [3.63, 3.8) is 0 Å². The summed E-state index contributed by atoms with van der Waals surface area (Å²) in [5.41, 5.74) is 1.03. The average molecular weight is 262 g/mol. The van der Waals surface area contributed by atoms with E-state index in [1.54, 1.807) is 7.11 Å². The lowest BCUT2D eigenvalue weighted by Crippen LogP contribution is -2.22. The minimum Gasteiger partial charge on any atom is -0.384 e. The van der Waals surface area contributed by atoms with E-state index in [4.69, 9.17) is 4.74 Å². The molecule has 0 aromatic carbocycles. The van der Waals surface area contributed by atoms with Gasteiger partial charge in [0, 0.05) is 38.7 Å². The van der Waals surface area contributed by atoms with Gasteiger partial charge in [-0.05, 0) is 19.3 Å². The smallest absolute Gasteiger partial charge is 0.147 e. The molecule has 5 nitrogen and oxygen atoms in total. The van der Waals surface area contributed by atoms with Crippen LogP contribution in [0.25, 0.3) is 0 Å². The lowest BCUT2D eigenvalue weighted by atomic mass is 10.1. The van der Waals surface area contributed by atoms with E-state index < -0.39 is 0 Å². The number of nitrogens with zero attached hydrogens (tertiary/aromatic N) is 3. The van der Waals surface area contributed by atoms with Gasteiger partial charge in [-0.1, -0.05) is 0 Å². The first-order valence-electron chi connectivity index (χ1n) is 7.13. The van der Waals surface area contributed by atoms with Crippen molar-refractivity contribution in [2.45, 2.75) is 31.8 Å². The summed E-state index contributed by atoms with van der Waals surface area (Å²) in [6.07, 6.45) is 7.59. The zero-order chi connectivity index (χ0) is 13.1. The fourth-order valence-corrected chi connectivity index (χ4v) is 2.55. The van der Waals surface area contributed by atoms with Gasteiger partial charge in [0.2, 0.25) is 0 Å². The topological polar surface area (TPSA) is 50.3 Å². The van der Waals surface area contributed by atoms with Gasteiger partial charge in [0.05, 0.1) is 24.7 Å². The molecule has 104 valence electrons. The second-order valence-electron chi connectivity index (χ2n) is 5.58. The van der Waals surface area contributed by atoms with E-state index in [0.717, 1.165) is 43.8 Å². The monoisotopic (exact) mass is 262 g/mol. The van der Waals surface area contributed by atoms with Gasteiger partial charge in [0.1, 0.15) is 5.82 Å². The lowest BCUT2D eigenvalue weighted by molar-refractivity contribution is 0.161. The molecule has 1 aromatic heterocycles. The minimum absolute atomic E-state index is 0.628.